The molecule has 2 saturated carbocycles. The van der Waals surface area contributed by atoms with Crippen molar-refractivity contribution < 1.29 is 23.8 Å². The molecule has 2 bridgehead atoms. The minimum atomic E-state index is -1.74. The average molecular weight is 402 g/mol. The number of methoxy groups -OCH3 is 2. The lowest BCUT2D eigenvalue weighted by Gasteiger charge is -2.41. The van der Waals surface area contributed by atoms with Gasteiger partial charge in [-0.3, -0.25) is 9.59 Å². The second kappa shape index (κ2) is 4.26. The van der Waals surface area contributed by atoms with Gasteiger partial charge in [-0.15, -0.1) is 23.2 Å². The van der Waals surface area contributed by atoms with Gasteiger partial charge in [0, 0.05) is 14.2 Å². The van der Waals surface area contributed by atoms with E-state index < -0.39 is 39.1 Å². The summed E-state index contributed by atoms with van der Waals surface area (Å²) >= 11 is 26.2. The highest BCUT2D eigenvalue weighted by Crippen LogP contribution is 2.76. The number of hydrogen-bond acceptors (Lipinski definition) is 5. The first-order chi connectivity index (χ1) is 10.6. The van der Waals surface area contributed by atoms with Gasteiger partial charge in [0.1, 0.15) is 9.75 Å². The van der Waals surface area contributed by atoms with Gasteiger partial charge in [0.25, 0.3) is 0 Å². The fraction of sp³-hybridized carbons (Fsp3) is 0.714. The molecule has 1 aliphatic heterocycles. The fourth-order valence-corrected chi connectivity index (χ4v) is 6.77. The molecule has 0 aromatic heterocycles. The first-order valence-electron chi connectivity index (χ1n) is 6.89. The zero-order valence-corrected chi connectivity index (χ0v) is 15.3. The van der Waals surface area contributed by atoms with Crippen molar-refractivity contribution in [2.24, 2.45) is 11.8 Å². The molecule has 0 N–H and O–H groups in total. The number of rotatable bonds is 2. The van der Waals surface area contributed by atoms with Gasteiger partial charge in [-0.2, -0.15) is 0 Å². The van der Waals surface area contributed by atoms with Crippen molar-refractivity contribution >= 4 is 58.0 Å². The third-order valence-electron chi connectivity index (χ3n) is 5.70. The number of fused-ring (bicyclic) bond motifs is 6. The normalized spacial score (nSPS) is 52.7. The van der Waals surface area contributed by atoms with Gasteiger partial charge in [-0.05, 0) is 6.92 Å². The van der Waals surface area contributed by atoms with Gasteiger partial charge in [0.05, 0.1) is 21.9 Å². The Balaban J connectivity index is 2.05. The molecule has 3 aliphatic carbocycles. The van der Waals surface area contributed by atoms with E-state index in [1.165, 1.54) is 14.2 Å². The fourth-order valence-electron chi connectivity index (χ4n) is 4.58. The largest absolute Gasteiger partial charge is 0.350 e. The van der Waals surface area contributed by atoms with Gasteiger partial charge in [-0.25, -0.2) is 0 Å². The SMILES string of the molecule is COC1(OC)C2(Cl)C(Cl)=C(Cl)C1(Cl)C1C(=O)C3(C)OC3C(=O)C12. The second-order valence-corrected chi connectivity index (χ2v) is 8.35. The van der Waals surface area contributed by atoms with Gasteiger partial charge in [0.2, 0.25) is 5.79 Å². The maximum Gasteiger partial charge on any atom is 0.218 e. The monoisotopic (exact) mass is 400 g/mol. The molecule has 0 spiro atoms. The maximum absolute atomic E-state index is 13.0. The maximum atomic E-state index is 13.0. The molecule has 0 radical (unpaired) electrons. The Hall–Kier alpha value is 0.120. The lowest BCUT2D eigenvalue weighted by atomic mass is 9.67. The van der Waals surface area contributed by atoms with E-state index in [0.29, 0.717) is 0 Å². The molecule has 1 heterocycles. The van der Waals surface area contributed by atoms with Crippen LogP contribution in [0.15, 0.2) is 10.1 Å². The number of alkyl halides is 2. The predicted molar refractivity (Wildman–Crippen MR) is 82.9 cm³/mol. The summed E-state index contributed by atoms with van der Waals surface area (Å²) in [7, 11) is 2.64. The van der Waals surface area contributed by atoms with Crippen molar-refractivity contribution in [3.05, 3.63) is 10.1 Å². The van der Waals surface area contributed by atoms with Crippen LogP contribution in [0.1, 0.15) is 6.92 Å². The molecule has 6 unspecified atom stereocenters. The summed E-state index contributed by atoms with van der Waals surface area (Å²) in [6, 6.07) is 0. The van der Waals surface area contributed by atoms with E-state index in [-0.39, 0.29) is 21.6 Å². The minimum Gasteiger partial charge on any atom is -0.350 e. The molecule has 0 aromatic rings. The van der Waals surface area contributed by atoms with Crippen LogP contribution >= 0.6 is 46.4 Å². The van der Waals surface area contributed by atoms with Gasteiger partial charge in [0.15, 0.2) is 23.3 Å². The Labute approximate surface area is 152 Å². The smallest absolute Gasteiger partial charge is 0.218 e. The first kappa shape index (κ1) is 16.6. The molecule has 0 amide bonds. The number of epoxide rings is 1. The molecule has 1 saturated heterocycles. The molecule has 0 aromatic carbocycles. The van der Waals surface area contributed by atoms with Crippen LogP contribution in [0, 0.1) is 11.8 Å². The molecule has 6 atom stereocenters. The number of hydrogen-bond donors (Lipinski definition) is 0. The number of halogens is 4. The Morgan fingerprint density at radius 3 is 1.96 bits per heavy atom. The summed E-state index contributed by atoms with van der Waals surface area (Å²) in [6.07, 6.45) is -0.846. The number of Topliss-reactive ketones (excluding diaryl/α,β-unsaturated/α-hetero) is 2. The van der Waals surface area contributed by atoms with Crippen LogP contribution in [0.2, 0.25) is 0 Å². The molecule has 126 valence electrons. The Bertz CT molecular complexity index is 703. The zero-order chi connectivity index (χ0) is 17.2. The first-order valence-corrected chi connectivity index (χ1v) is 8.41. The Kier molecular flexibility index (Phi) is 3.07. The van der Waals surface area contributed by atoms with Crippen molar-refractivity contribution in [1.29, 1.82) is 0 Å². The molecule has 4 aliphatic rings. The number of ketones is 2. The van der Waals surface area contributed by atoms with E-state index in [1.54, 1.807) is 6.92 Å². The van der Waals surface area contributed by atoms with Crippen LogP contribution < -0.4 is 0 Å². The van der Waals surface area contributed by atoms with Crippen LogP contribution in [-0.4, -0.2) is 53.0 Å². The van der Waals surface area contributed by atoms with Crippen molar-refractivity contribution in [3.8, 4) is 0 Å². The van der Waals surface area contributed by atoms with Crippen LogP contribution in [0.4, 0.5) is 0 Å². The Morgan fingerprint density at radius 1 is 1.00 bits per heavy atom. The molecule has 23 heavy (non-hydrogen) atoms. The summed E-state index contributed by atoms with van der Waals surface area (Å²) in [4.78, 5) is 22.4. The summed E-state index contributed by atoms with van der Waals surface area (Å²) in [5.41, 5.74) is -1.20. The van der Waals surface area contributed by atoms with E-state index >= 15 is 0 Å². The van der Waals surface area contributed by atoms with Crippen LogP contribution in [0.25, 0.3) is 0 Å². The summed E-state index contributed by atoms with van der Waals surface area (Å²) < 4.78 is 16.4. The van der Waals surface area contributed by atoms with Crippen molar-refractivity contribution in [1.82, 2.24) is 0 Å². The summed E-state index contributed by atoms with van der Waals surface area (Å²) in [5.74, 6) is -4.51. The highest BCUT2D eigenvalue weighted by Gasteiger charge is 2.91. The lowest BCUT2D eigenvalue weighted by Crippen LogP contribution is -2.58. The Morgan fingerprint density at radius 2 is 1.48 bits per heavy atom. The number of carbonyl (C=O) groups is 2. The van der Waals surface area contributed by atoms with Crippen molar-refractivity contribution in [2.45, 2.75) is 34.2 Å². The molecular weight excluding hydrogens is 390 g/mol. The zero-order valence-electron chi connectivity index (χ0n) is 12.3. The van der Waals surface area contributed by atoms with E-state index in [9.17, 15) is 9.59 Å². The quantitative estimate of drug-likeness (QED) is 0.403. The van der Waals surface area contributed by atoms with E-state index in [4.69, 9.17) is 60.6 Å². The molecule has 4 rings (SSSR count). The average Bonchev–Trinajstić information content (AvgIpc) is 3.15. The lowest BCUT2D eigenvalue weighted by molar-refractivity contribution is -0.220. The highest BCUT2D eigenvalue weighted by molar-refractivity contribution is 6.53. The summed E-state index contributed by atoms with van der Waals surface area (Å²) in [5, 5.41) is -0.0733. The highest BCUT2D eigenvalue weighted by atomic mass is 35.5. The predicted octanol–water partition coefficient (Wildman–Crippen LogP) is 2.19. The van der Waals surface area contributed by atoms with E-state index in [1.807, 2.05) is 0 Å². The molecule has 3 fully saturated rings. The molecule has 9 heteroatoms. The van der Waals surface area contributed by atoms with Crippen LogP contribution in [-0.2, 0) is 23.8 Å². The number of carbonyl (C=O) groups excluding carboxylic acids is 2. The van der Waals surface area contributed by atoms with Gasteiger partial charge in [-0.1, -0.05) is 23.2 Å². The van der Waals surface area contributed by atoms with E-state index in [0.717, 1.165) is 0 Å². The van der Waals surface area contributed by atoms with Gasteiger partial charge < -0.3 is 14.2 Å². The minimum absolute atomic E-state index is 0.0359. The molecule has 5 nitrogen and oxygen atoms in total. The van der Waals surface area contributed by atoms with Gasteiger partial charge >= 0.3 is 0 Å². The standard InChI is InChI=1S/C14H12Cl4O5/c1-11-9(20)5-4(6(19)10(11)23-11)12(17)7(15)8(16)13(5,18)14(12,21-2)22-3/h4-5,10H,1-3H3. The second-order valence-electron chi connectivity index (χ2n) is 6.40. The third kappa shape index (κ3) is 1.30. The van der Waals surface area contributed by atoms with Crippen LogP contribution in [0.5, 0.6) is 0 Å². The summed E-state index contributed by atoms with van der Waals surface area (Å²) in [6.45, 7) is 1.56. The number of ether oxygens (including phenoxy) is 3. The topological polar surface area (TPSA) is 65.1 Å². The third-order valence-corrected chi connectivity index (χ3v) is 8.31. The van der Waals surface area contributed by atoms with E-state index in [2.05, 4.69) is 0 Å². The van der Waals surface area contributed by atoms with Crippen LogP contribution in [0.3, 0.4) is 0 Å². The molecular formula is C14H12Cl4O5. The van der Waals surface area contributed by atoms with Crippen molar-refractivity contribution in [2.75, 3.05) is 14.2 Å². The van der Waals surface area contributed by atoms with Crippen molar-refractivity contribution in [3.63, 3.8) is 0 Å².